The van der Waals surface area contributed by atoms with Gasteiger partial charge < -0.3 is 11.1 Å². The van der Waals surface area contributed by atoms with Crippen LogP contribution in [0.1, 0.15) is 26.2 Å². The maximum atomic E-state index is 13.5. The zero-order chi connectivity index (χ0) is 15.2. The molecule has 0 radical (unpaired) electrons. The molecular weight excluding hydrogens is 269 g/mol. The first-order valence-corrected chi connectivity index (χ1v) is 7.58. The molecule has 116 valence electrons. The number of para-hydroxylation sites is 1. The molecule has 1 aliphatic rings. The van der Waals surface area contributed by atoms with Crippen LogP contribution >= 0.6 is 0 Å². The van der Waals surface area contributed by atoms with Crippen LogP contribution < -0.4 is 11.1 Å². The van der Waals surface area contributed by atoms with Gasteiger partial charge in [0.1, 0.15) is 5.82 Å². The molecule has 2 rings (SSSR count). The molecule has 21 heavy (non-hydrogen) atoms. The lowest BCUT2D eigenvalue weighted by Crippen LogP contribution is -2.44. The van der Waals surface area contributed by atoms with Gasteiger partial charge in [-0.05, 0) is 44.4 Å². The number of hydrogen-bond acceptors (Lipinski definition) is 3. The first kappa shape index (κ1) is 15.9. The van der Waals surface area contributed by atoms with Crippen molar-refractivity contribution >= 4 is 11.6 Å². The van der Waals surface area contributed by atoms with Crippen LogP contribution in [0.25, 0.3) is 0 Å². The normalized spacial score (nSPS) is 23.0. The van der Waals surface area contributed by atoms with E-state index in [1.807, 2.05) is 0 Å². The van der Waals surface area contributed by atoms with E-state index in [-0.39, 0.29) is 11.6 Å². The second-order valence-electron chi connectivity index (χ2n) is 5.80. The van der Waals surface area contributed by atoms with Gasteiger partial charge in [0.15, 0.2) is 0 Å². The van der Waals surface area contributed by atoms with Crippen molar-refractivity contribution in [1.29, 1.82) is 0 Å². The van der Waals surface area contributed by atoms with Crippen LogP contribution in [0.3, 0.4) is 0 Å². The predicted molar refractivity (Wildman–Crippen MR) is 82.5 cm³/mol. The third-order valence-electron chi connectivity index (χ3n) is 4.22. The number of piperidine rings is 1. The molecule has 2 unspecified atom stereocenters. The molecule has 0 bridgehead atoms. The Morgan fingerprint density at radius 1 is 1.43 bits per heavy atom. The molecule has 0 saturated carbocycles. The molecular formula is C16H24FN3O. The van der Waals surface area contributed by atoms with E-state index in [2.05, 4.69) is 17.1 Å². The first-order chi connectivity index (χ1) is 10.1. The van der Waals surface area contributed by atoms with Crippen molar-refractivity contribution in [2.45, 2.75) is 32.2 Å². The van der Waals surface area contributed by atoms with Crippen molar-refractivity contribution in [1.82, 2.24) is 4.90 Å². The van der Waals surface area contributed by atoms with Crippen molar-refractivity contribution in [3.63, 3.8) is 0 Å². The second kappa shape index (κ2) is 7.52. The predicted octanol–water partition coefficient (Wildman–Crippen LogP) is 2.21. The van der Waals surface area contributed by atoms with Crippen molar-refractivity contribution in [3.05, 3.63) is 30.1 Å². The minimum atomic E-state index is -0.402. The highest BCUT2D eigenvalue weighted by Gasteiger charge is 2.24. The molecule has 1 aromatic rings. The number of hydrogen-bond donors (Lipinski definition) is 2. The summed E-state index contributed by atoms with van der Waals surface area (Å²) in [4.78, 5) is 14.2. The van der Waals surface area contributed by atoms with Gasteiger partial charge in [-0.2, -0.15) is 0 Å². The van der Waals surface area contributed by atoms with Gasteiger partial charge in [0.25, 0.3) is 0 Å². The van der Waals surface area contributed by atoms with Crippen molar-refractivity contribution in [2.75, 3.05) is 25.0 Å². The Balaban J connectivity index is 1.82. The monoisotopic (exact) mass is 293 g/mol. The van der Waals surface area contributed by atoms with Gasteiger partial charge in [-0.15, -0.1) is 0 Å². The van der Waals surface area contributed by atoms with Gasteiger partial charge in [0.05, 0.1) is 5.69 Å². The third-order valence-corrected chi connectivity index (χ3v) is 4.22. The summed E-state index contributed by atoms with van der Waals surface area (Å²) in [6, 6.07) is 6.70. The molecule has 5 heteroatoms. The van der Waals surface area contributed by atoms with Crippen LogP contribution in [-0.4, -0.2) is 36.5 Å². The number of likely N-dealkylation sites (tertiary alicyclic amines) is 1. The molecule has 3 N–H and O–H groups in total. The Hall–Kier alpha value is -1.46. The molecule has 1 amide bonds. The number of halogens is 1. The quantitative estimate of drug-likeness (QED) is 0.875. The minimum Gasteiger partial charge on any atom is -0.330 e. The largest absolute Gasteiger partial charge is 0.330 e. The molecule has 0 aliphatic carbocycles. The molecule has 1 aliphatic heterocycles. The summed E-state index contributed by atoms with van der Waals surface area (Å²) in [5.41, 5.74) is 5.98. The van der Waals surface area contributed by atoms with Crippen molar-refractivity contribution in [2.24, 2.45) is 11.7 Å². The fraction of sp³-hybridized carbons (Fsp3) is 0.562. The van der Waals surface area contributed by atoms with Gasteiger partial charge in [-0.3, -0.25) is 9.69 Å². The topological polar surface area (TPSA) is 58.4 Å². The minimum absolute atomic E-state index is 0.151. The molecule has 0 aromatic heterocycles. The lowest BCUT2D eigenvalue weighted by molar-refractivity contribution is -0.116. The Morgan fingerprint density at radius 2 is 2.19 bits per heavy atom. The maximum Gasteiger partial charge on any atom is 0.225 e. The fourth-order valence-electron chi connectivity index (χ4n) is 2.79. The summed E-state index contributed by atoms with van der Waals surface area (Å²) in [5.74, 6) is -0.0293. The lowest BCUT2D eigenvalue weighted by Gasteiger charge is -2.37. The number of carbonyl (C=O) groups excluding carboxylic acids is 1. The Morgan fingerprint density at radius 3 is 2.90 bits per heavy atom. The van der Waals surface area contributed by atoms with Gasteiger partial charge in [-0.25, -0.2) is 4.39 Å². The number of carbonyl (C=O) groups is 1. The Labute approximate surface area is 125 Å². The average Bonchev–Trinajstić information content (AvgIpc) is 2.49. The van der Waals surface area contributed by atoms with E-state index in [0.29, 0.717) is 31.5 Å². The molecule has 1 aromatic carbocycles. The summed E-state index contributed by atoms with van der Waals surface area (Å²) >= 11 is 0. The Bertz CT molecular complexity index is 480. The van der Waals surface area contributed by atoms with Crippen molar-refractivity contribution < 1.29 is 9.18 Å². The first-order valence-electron chi connectivity index (χ1n) is 7.58. The number of nitrogens with one attached hydrogen (secondary N) is 1. The number of benzene rings is 1. The van der Waals surface area contributed by atoms with E-state index in [1.165, 1.54) is 6.07 Å². The summed E-state index contributed by atoms with van der Waals surface area (Å²) in [6.07, 6.45) is 2.66. The molecule has 4 nitrogen and oxygen atoms in total. The van der Waals surface area contributed by atoms with Crippen LogP contribution in [0.5, 0.6) is 0 Å². The molecule has 1 fully saturated rings. The number of nitrogens with two attached hydrogens (primary N) is 1. The van der Waals surface area contributed by atoms with Gasteiger partial charge in [0.2, 0.25) is 5.91 Å². The van der Waals surface area contributed by atoms with Gasteiger partial charge in [-0.1, -0.05) is 12.1 Å². The average molecular weight is 293 g/mol. The highest BCUT2D eigenvalue weighted by Crippen LogP contribution is 2.21. The summed E-state index contributed by atoms with van der Waals surface area (Å²) in [6.45, 7) is 4.52. The van der Waals surface area contributed by atoms with Crippen LogP contribution in [0.15, 0.2) is 24.3 Å². The second-order valence-corrected chi connectivity index (χ2v) is 5.80. The van der Waals surface area contributed by atoms with Gasteiger partial charge in [0, 0.05) is 25.6 Å². The van der Waals surface area contributed by atoms with E-state index in [9.17, 15) is 9.18 Å². The zero-order valence-electron chi connectivity index (χ0n) is 12.5. The number of amides is 1. The third kappa shape index (κ3) is 4.51. The van der Waals surface area contributed by atoms with Crippen LogP contribution in [0.4, 0.5) is 10.1 Å². The van der Waals surface area contributed by atoms with Crippen LogP contribution in [0, 0.1) is 11.7 Å². The molecule has 0 spiro atoms. The molecule has 1 heterocycles. The van der Waals surface area contributed by atoms with E-state index in [1.54, 1.807) is 18.2 Å². The van der Waals surface area contributed by atoms with Crippen LogP contribution in [-0.2, 0) is 4.79 Å². The highest BCUT2D eigenvalue weighted by molar-refractivity contribution is 5.90. The van der Waals surface area contributed by atoms with Gasteiger partial charge >= 0.3 is 0 Å². The zero-order valence-corrected chi connectivity index (χ0v) is 12.5. The van der Waals surface area contributed by atoms with E-state index < -0.39 is 5.82 Å². The van der Waals surface area contributed by atoms with E-state index in [0.717, 1.165) is 19.4 Å². The highest BCUT2D eigenvalue weighted by atomic mass is 19.1. The number of anilines is 1. The lowest BCUT2D eigenvalue weighted by atomic mass is 9.93. The van der Waals surface area contributed by atoms with E-state index in [4.69, 9.17) is 5.73 Å². The maximum absolute atomic E-state index is 13.5. The fourth-order valence-corrected chi connectivity index (χ4v) is 2.79. The smallest absolute Gasteiger partial charge is 0.225 e. The molecule has 1 saturated heterocycles. The van der Waals surface area contributed by atoms with E-state index >= 15 is 0 Å². The standard InChI is InChI=1S/C16H24FN3O/c1-12-6-7-13(10-18)11-20(12)9-8-16(21)19-15-5-3-2-4-14(15)17/h2-5,12-13H,6-11,18H2,1H3,(H,19,21). The SMILES string of the molecule is CC1CCC(CN)CN1CCC(=O)Nc1ccccc1F. The Kier molecular flexibility index (Phi) is 5.70. The van der Waals surface area contributed by atoms with Crippen molar-refractivity contribution in [3.8, 4) is 0 Å². The van der Waals surface area contributed by atoms with Crippen LogP contribution in [0.2, 0.25) is 0 Å². The summed E-state index contributed by atoms with van der Waals surface area (Å²) < 4.78 is 13.5. The summed E-state index contributed by atoms with van der Waals surface area (Å²) in [7, 11) is 0. The molecule has 2 atom stereocenters. The number of nitrogens with zero attached hydrogens (tertiary/aromatic N) is 1. The number of rotatable bonds is 5. The summed E-state index contributed by atoms with van der Waals surface area (Å²) in [5, 5.41) is 2.62.